The normalized spacial score (nSPS) is 10.8. The molecule has 4 nitrogen and oxygen atoms in total. The average Bonchev–Trinajstić information content (AvgIpc) is 2.87. The highest BCUT2D eigenvalue weighted by Gasteiger charge is 2.16. The number of hydrogen-bond donors (Lipinski definition) is 1. The first-order valence-electron chi connectivity index (χ1n) is 5.80. The maximum absolute atomic E-state index is 13.4. The molecule has 0 saturated heterocycles. The van der Waals surface area contributed by atoms with Crippen LogP contribution in [0.15, 0.2) is 36.7 Å². The van der Waals surface area contributed by atoms with Crippen molar-refractivity contribution < 1.29 is 13.2 Å². The highest BCUT2D eigenvalue weighted by Crippen LogP contribution is 2.23. The largest absolute Gasteiger partial charge is 0.268 e. The molecule has 0 radical (unpaired) electrons. The number of hydrogen-bond acceptors (Lipinski definition) is 3. The van der Waals surface area contributed by atoms with E-state index in [4.69, 9.17) is 12.2 Å². The van der Waals surface area contributed by atoms with Crippen LogP contribution in [0.25, 0.3) is 17.1 Å². The topological polar surface area (TPSA) is 46.5 Å². The van der Waals surface area contributed by atoms with E-state index in [0.717, 1.165) is 12.1 Å². The highest BCUT2D eigenvalue weighted by atomic mass is 32.1. The summed E-state index contributed by atoms with van der Waals surface area (Å²) in [4.78, 5) is 3.94. The van der Waals surface area contributed by atoms with Crippen molar-refractivity contribution in [2.45, 2.75) is 0 Å². The zero-order valence-corrected chi connectivity index (χ0v) is 11.2. The van der Waals surface area contributed by atoms with Crippen molar-refractivity contribution in [1.29, 1.82) is 0 Å². The second-order valence-corrected chi connectivity index (χ2v) is 4.54. The number of aromatic nitrogens is 4. The Labute approximate surface area is 121 Å². The fourth-order valence-electron chi connectivity index (χ4n) is 1.90. The zero-order chi connectivity index (χ0) is 15.0. The summed E-state index contributed by atoms with van der Waals surface area (Å²) in [7, 11) is 0. The van der Waals surface area contributed by atoms with Gasteiger partial charge in [0.15, 0.2) is 28.0 Å². The third-order valence-corrected chi connectivity index (χ3v) is 3.09. The molecule has 0 aliphatic carbocycles. The lowest BCUT2D eigenvalue weighted by Gasteiger charge is -2.07. The number of benzene rings is 1. The standard InChI is InChI=1S/C13H7F3N4S/c14-9-4-8(5-10(15)11(9)16)20-12(18-19-13(20)21)7-2-1-3-17-6-7/h1-6H,(H,19,21). The lowest BCUT2D eigenvalue weighted by molar-refractivity contribution is 0.446. The quantitative estimate of drug-likeness (QED) is 0.583. The van der Waals surface area contributed by atoms with Gasteiger partial charge in [0.1, 0.15) is 0 Å². The van der Waals surface area contributed by atoms with Crippen molar-refractivity contribution in [2.75, 3.05) is 0 Å². The molecule has 0 amide bonds. The van der Waals surface area contributed by atoms with Crippen LogP contribution in [0.5, 0.6) is 0 Å². The van der Waals surface area contributed by atoms with E-state index in [1.807, 2.05) is 0 Å². The number of nitrogens with one attached hydrogen (secondary N) is 1. The molecule has 0 bridgehead atoms. The third-order valence-electron chi connectivity index (χ3n) is 2.82. The van der Waals surface area contributed by atoms with Crippen LogP contribution in [0.4, 0.5) is 13.2 Å². The minimum absolute atomic E-state index is 0.0315. The Kier molecular flexibility index (Phi) is 3.30. The smallest absolute Gasteiger partial charge is 0.200 e. The lowest BCUT2D eigenvalue weighted by atomic mass is 10.2. The molecule has 0 unspecified atom stereocenters. The van der Waals surface area contributed by atoms with Gasteiger partial charge in [-0.3, -0.25) is 14.6 Å². The number of nitrogens with zero attached hydrogens (tertiary/aromatic N) is 3. The number of halogens is 3. The van der Waals surface area contributed by atoms with Crippen LogP contribution < -0.4 is 0 Å². The van der Waals surface area contributed by atoms with E-state index in [1.54, 1.807) is 18.3 Å². The van der Waals surface area contributed by atoms with E-state index in [-0.39, 0.29) is 10.5 Å². The molecule has 1 N–H and O–H groups in total. The summed E-state index contributed by atoms with van der Waals surface area (Å²) in [6.07, 6.45) is 3.10. The van der Waals surface area contributed by atoms with Crippen LogP contribution in [-0.2, 0) is 0 Å². The Balaban J connectivity index is 2.25. The Morgan fingerprint density at radius 3 is 2.48 bits per heavy atom. The van der Waals surface area contributed by atoms with Crippen LogP contribution in [0.1, 0.15) is 0 Å². The molecule has 0 aliphatic rings. The van der Waals surface area contributed by atoms with Gasteiger partial charge in [-0.15, -0.1) is 0 Å². The zero-order valence-electron chi connectivity index (χ0n) is 10.3. The van der Waals surface area contributed by atoms with E-state index in [1.165, 1.54) is 10.8 Å². The summed E-state index contributed by atoms with van der Waals surface area (Å²) < 4.78 is 41.3. The fourth-order valence-corrected chi connectivity index (χ4v) is 2.13. The molecular weight excluding hydrogens is 301 g/mol. The van der Waals surface area contributed by atoms with Crippen molar-refractivity contribution >= 4 is 12.2 Å². The minimum Gasteiger partial charge on any atom is -0.268 e. The maximum Gasteiger partial charge on any atom is 0.200 e. The molecule has 106 valence electrons. The van der Waals surface area contributed by atoms with Gasteiger partial charge < -0.3 is 0 Å². The molecule has 0 atom stereocenters. The average molecular weight is 308 g/mol. The number of H-pyrrole nitrogens is 1. The molecule has 0 saturated carbocycles. The second-order valence-electron chi connectivity index (χ2n) is 4.15. The molecule has 0 spiro atoms. The predicted molar refractivity (Wildman–Crippen MR) is 71.9 cm³/mol. The van der Waals surface area contributed by atoms with Crippen molar-refractivity contribution in [3.63, 3.8) is 0 Å². The van der Waals surface area contributed by atoms with Gasteiger partial charge in [-0.05, 0) is 24.4 Å². The summed E-state index contributed by atoms with van der Waals surface area (Å²) in [5, 5.41) is 6.55. The van der Waals surface area contributed by atoms with Crippen molar-refractivity contribution in [3.8, 4) is 17.1 Å². The summed E-state index contributed by atoms with van der Waals surface area (Å²) in [6.45, 7) is 0. The van der Waals surface area contributed by atoms with Gasteiger partial charge in [0.25, 0.3) is 0 Å². The Morgan fingerprint density at radius 2 is 1.86 bits per heavy atom. The SMILES string of the molecule is Fc1cc(-n2c(-c3cccnc3)n[nH]c2=S)cc(F)c1F. The monoisotopic (exact) mass is 308 g/mol. The van der Waals surface area contributed by atoms with Crippen LogP contribution in [0.2, 0.25) is 0 Å². The first-order chi connectivity index (χ1) is 10.1. The van der Waals surface area contributed by atoms with Gasteiger partial charge >= 0.3 is 0 Å². The summed E-state index contributed by atoms with van der Waals surface area (Å²) in [5.41, 5.74) is 0.624. The van der Waals surface area contributed by atoms with Gasteiger partial charge in [-0.2, -0.15) is 5.10 Å². The molecule has 1 aromatic carbocycles. The van der Waals surface area contributed by atoms with Gasteiger partial charge in [0.2, 0.25) is 0 Å². The van der Waals surface area contributed by atoms with Crippen molar-refractivity contribution in [2.24, 2.45) is 0 Å². The number of pyridine rings is 1. The lowest BCUT2D eigenvalue weighted by Crippen LogP contribution is -2.01. The van der Waals surface area contributed by atoms with Gasteiger partial charge in [-0.1, -0.05) is 0 Å². The molecule has 8 heteroatoms. The molecule has 0 fully saturated rings. The maximum atomic E-state index is 13.4. The molecule has 2 heterocycles. The van der Waals surface area contributed by atoms with Gasteiger partial charge in [0, 0.05) is 30.1 Å². The van der Waals surface area contributed by atoms with Crippen LogP contribution in [0, 0.1) is 22.2 Å². The van der Waals surface area contributed by atoms with E-state index in [2.05, 4.69) is 15.2 Å². The van der Waals surface area contributed by atoms with E-state index < -0.39 is 17.5 Å². The molecule has 21 heavy (non-hydrogen) atoms. The van der Waals surface area contributed by atoms with E-state index in [9.17, 15) is 13.2 Å². The molecule has 0 aliphatic heterocycles. The molecule has 2 aromatic heterocycles. The minimum atomic E-state index is -1.53. The molecular formula is C13H7F3N4S. The van der Waals surface area contributed by atoms with Crippen LogP contribution in [-0.4, -0.2) is 19.7 Å². The Morgan fingerprint density at radius 1 is 1.14 bits per heavy atom. The summed E-state index contributed by atoms with van der Waals surface area (Å²) >= 11 is 5.06. The summed E-state index contributed by atoms with van der Waals surface area (Å²) in [6, 6.07) is 5.10. The van der Waals surface area contributed by atoms with E-state index >= 15 is 0 Å². The van der Waals surface area contributed by atoms with Crippen LogP contribution in [0.3, 0.4) is 0 Å². The molecule has 3 rings (SSSR count). The summed E-state index contributed by atoms with van der Waals surface area (Å²) in [5.74, 6) is -3.81. The highest BCUT2D eigenvalue weighted by molar-refractivity contribution is 7.71. The fraction of sp³-hybridized carbons (Fsp3) is 0. The number of rotatable bonds is 2. The van der Waals surface area contributed by atoms with Gasteiger partial charge in [0.05, 0.1) is 5.69 Å². The van der Waals surface area contributed by atoms with Crippen molar-refractivity contribution in [3.05, 3.63) is 58.9 Å². The Hall–Kier alpha value is -2.48. The first kappa shape index (κ1) is 13.5. The first-order valence-corrected chi connectivity index (χ1v) is 6.21. The third kappa shape index (κ3) is 2.33. The van der Waals surface area contributed by atoms with Gasteiger partial charge in [-0.25, -0.2) is 13.2 Å². The second kappa shape index (κ2) is 5.13. The van der Waals surface area contributed by atoms with Crippen LogP contribution >= 0.6 is 12.2 Å². The predicted octanol–water partition coefficient (Wildman–Crippen LogP) is 3.41. The van der Waals surface area contributed by atoms with E-state index in [0.29, 0.717) is 11.4 Å². The molecule has 3 aromatic rings. The van der Waals surface area contributed by atoms with Crippen molar-refractivity contribution in [1.82, 2.24) is 19.7 Å². The number of aromatic amines is 1. The Bertz CT molecular complexity index is 834.